The Kier molecular flexibility index (Phi) is 8.40. The van der Waals surface area contributed by atoms with Gasteiger partial charge in [-0.2, -0.15) is 0 Å². The van der Waals surface area contributed by atoms with Gasteiger partial charge in [0.25, 0.3) is 0 Å². The highest BCUT2D eigenvalue weighted by molar-refractivity contribution is 5.85. The third-order valence-electron chi connectivity index (χ3n) is 2.67. The first-order valence-electron chi connectivity index (χ1n) is 5.76. The number of benzene rings is 1. The summed E-state index contributed by atoms with van der Waals surface area (Å²) < 4.78 is 0. The minimum Gasteiger partial charge on any atom is -0.509 e. The zero-order valence-corrected chi connectivity index (χ0v) is 11.4. The van der Waals surface area contributed by atoms with Crippen LogP contribution in [0.15, 0.2) is 36.1 Å². The fourth-order valence-corrected chi connectivity index (χ4v) is 1.50. The number of hydrogen-bond acceptors (Lipinski definition) is 6. The number of halogens is 1. The Morgan fingerprint density at radius 1 is 1.00 bits per heavy atom. The van der Waals surface area contributed by atoms with Crippen molar-refractivity contribution in [2.75, 3.05) is 6.61 Å². The van der Waals surface area contributed by atoms with Crippen LogP contribution in [-0.2, 0) is 0 Å². The van der Waals surface area contributed by atoms with Crippen molar-refractivity contribution in [2.24, 2.45) is 0 Å². The van der Waals surface area contributed by atoms with Gasteiger partial charge >= 0.3 is 0 Å². The quantitative estimate of drug-likeness (QED) is 0.392. The van der Waals surface area contributed by atoms with E-state index in [9.17, 15) is 20.4 Å². The molecule has 0 unspecified atom stereocenters. The Bertz CT molecular complexity index is 411. The van der Waals surface area contributed by atoms with E-state index in [4.69, 9.17) is 10.2 Å². The molecule has 6 nitrogen and oxygen atoms in total. The highest BCUT2D eigenvalue weighted by Gasteiger charge is 2.32. The monoisotopic (exact) mass is 306 g/mol. The molecule has 0 bridgehead atoms. The molecule has 6 N–H and O–H groups in total. The highest BCUT2D eigenvalue weighted by atomic mass is 35.5. The summed E-state index contributed by atoms with van der Waals surface area (Å²) in [6.07, 6.45) is -5.73. The second-order valence-electron chi connectivity index (χ2n) is 4.16. The van der Waals surface area contributed by atoms with Gasteiger partial charge in [-0.05, 0) is 11.6 Å². The fourth-order valence-electron chi connectivity index (χ4n) is 1.50. The molecule has 0 aliphatic carbocycles. The van der Waals surface area contributed by atoms with Gasteiger partial charge in [0.15, 0.2) is 0 Å². The summed E-state index contributed by atoms with van der Waals surface area (Å²) in [5.41, 5.74) is 0.600. The first kappa shape index (κ1) is 18.9. The Morgan fingerprint density at radius 3 is 2.05 bits per heavy atom. The SMILES string of the molecule is Cl.OC[C@@H](O)[C@@H](O)[C@H](O)[C@@H](O)C(O)=Cc1ccccc1. The fraction of sp³-hybridized carbons (Fsp3) is 0.385. The van der Waals surface area contributed by atoms with E-state index in [1.165, 1.54) is 6.08 Å². The lowest BCUT2D eigenvalue weighted by molar-refractivity contribution is -0.112. The van der Waals surface area contributed by atoms with Crippen molar-refractivity contribution in [3.8, 4) is 0 Å². The van der Waals surface area contributed by atoms with E-state index in [0.717, 1.165) is 0 Å². The van der Waals surface area contributed by atoms with Gasteiger partial charge in [0.2, 0.25) is 0 Å². The molecule has 0 heterocycles. The average Bonchev–Trinajstić information content (AvgIpc) is 2.44. The van der Waals surface area contributed by atoms with Crippen LogP contribution in [0.3, 0.4) is 0 Å². The van der Waals surface area contributed by atoms with E-state index >= 15 is 0 Å². The van der Waals surface area contributed by atoms with Gasteiger partial charge in [-0.3, -0.25) is 0 Å². The van der Waals surface area contributed by atoms with E-state index < -0.39 is 36.8 Å². The maximum Gasteiger partial charge on any atom is 0.139 e. The van der Waals surface area contributed by atoms with E-state index in [1.807, 2.05) is 0 Å². The molecule has 1 aromatic carbocycles. The second kappa shape index (κ2) is 8.91. The second-order valence-corrected chi connectivity index (χ2v) is 4.16. The Morgan fingerprint density at radius 2 is 1.55 bits per heavy atom. The largest absolute Gasteiger partial charge is 0.509 e. The molecule has 0 radical (unpaired) electrons. The van der Waals surface area contributed by atoms with Crippen LogP contribution in [0.25, 0.3) is 6.08 Å². The van der Waals surface area contributed by atoms with Gasteiger partial charge in [0.05, 0.1) is 6.61 Å². The van der Waals surface area contributed by atoms with Crippen molar-refractivity contribution >= 4 is 18.5 Å². The standard InChI is InChI=1S/C13H18O6.ClH/c14-7-10(16)12(18)13(19)11(17)9(15)6-8-4-2-1-3-5-8;/h1-6,10-19H,7H2;1H/t10-,11+,12-,13-;/m1./s1. The number of aliphatic hydroxyl groups is 6. The Hall–Kier alpha value is -1.15. The first-order valence-corrected chi connectivity index (χ1v) is 5.76. The van der Waals surface area contributed by atoms with Crippen LogP contribution in [0.2, 0.25) is 0 Å². The van der Waals surface area contributed by atoms with Crippen molar-refractivity contribution in [3.63, 3.8) is 0 Å². The molecule has 0 aliphatic rings. The molecule has 0 amide bonds. The summed E-state index contributed by atoms with van der Waals surface area (Å²) in [4.78, 5) is 0. The molecule has 0 aliphatic heterocycles. The van der Waals surface area contributed by atoms with Crippen LogP contribution in [0.1, 0.15) is 5.56 Å². The maximum atomic E-state index is 9.64. The lowest BCUT2D eigenvalue weighted by atomic mass is 10.0. The van der Waals surface area contributed by atoms with Crippen LogP contribution >= 0.6 is 12.4 Å². The smallest absolute Gasteiger partial charge is 0.139 e. The van der Waals surface area contributed by atoms with Crippen molar-refractivity contribution in [3.05, 3.63) is 41.7 Å². The first-order chi connectivity index (χ1) is 8.97. The summed E-state index contributed by atoms with van der Waals surface area (Å²) in [6, 6.07) is 8.59. The van der Waals surface area contributed by atoms with Crippen LogP contribution in [0, 0.1) is 0 Å². The molecular weight excluding hydrogens is 288 g/mol. The number of hydrogen-bond donors (Lipinski definition) is 6. The van der Waals surface area contributed by atoms with Crippen molar-refractivity contribution < 1.29 is 30.6 Å². The summed E-state index contributed by atoms with van der Waals surface area (Å²) in [7, 11) is 0. The van der Waals surface area contributed by atoms with Gasteiger partial charge in [-0.15, -0.1) is 12.4 Å². The molecule has 4 atom stereocenters. The predicted molar refractivity (Wildman–Crippen MR) is 75.4 cm³/mol. The molecule has 1 rings (SSSR count). The van der Waals surface area contributed by atoms with Gasteiger partial charge in [0.1, 0.15) is 30.2 Å². The van der Waals surface area contributed by atoms with Gasteiger partial charge in [-0.25, -0.2) is 0 Å². The molecule has 0 fully saturated rings. The molecule has 114 valence electrons. The molecule has 0 aromatic heterocycles. The van der Waals surface area contributed by atoms with Crippen molar-refractivity contribution in [2.45, 2.75) is 24.4 Å². The Labute approximate surface area is 122 Å². The van der Waals surface area contributed by atoms with E-state index in [0.29, 0.717) is 5.56 Å². The number of rotatable bonds is 6. The molecule has 1 aromatic rings. The van der Waals surface area contributed by atoms with Crippen LogP contribution in [0.5, 0.6) is 0 Å². The predicted octanol–water partition coefficient (Wildman–Crippen LogP) is -0.557. The normalized spacial score (nSPS) is 17.8. The van der Waals surface area contributed by atoms with E-state index in [-0.39, 0.29) is 12.4 Å². The lowest BCUT2D eigenvalue weighted by Crippen LogP contribution is -2.46. The van der Waals surface area contributed by atoms with Gasteiger partial charge in [0, 0.05) is 0 Å². The number of aliphatic hydroxyl groups excluding tert-OH is 6. The minimum atomic E-state index is -1.82. The zero-order valence-electron chi connectivity index (χ0n) is 10.6. The van der Waals surface area contributed by atoms with E-state index in [1.54, 1.807) is 30.3 Å². The van der Waals surface area contributed by atoms with Crippen LogP contribution in [-0.4, -0.2) is 61.7 Å². The molecular formula is C13H19ClO6. The third-order valence-corrected chi connectivity index (χ3v) is 2.67. The average molecular weight is 307 g/mol. The van der Waals surface area contributed by atoms with Gasteiger partial charge in [-0.1, -0.05) is 30.3 Å². The van der Waals surface area contributed by atoms with E-state index in [2.05, 4.69) is 0 Å². The summed E-state index contributed by atoms with van der Waals surface area (Å²) in [6.45, 7) is -0.770. The molecule has 0 saturated heterocycles. The van der Waals surface area contributed by atoms with Crippen molar-refractivity contribution in [1.82, 2.24) is 0 Å². The molecule has 20 heavy (non-hydrogen) atoms. The lowest BCUT2D eigenvalue weighted by Gasteiger charge is -2.25. The summed E-state index contributed by atoms with van der Waals surface area (Å²) in [5.74, 6) is -0.553. The minimum absolute atomic E-state index is 0. The molecule has 7 heteroatoms. The van der Waals surface area contributed by atoms with Crippen molar-refractivity contribution in [1.29, 1.82) is 0 Å². The maximum absolute atomic E-state index is 9.64. The zero-order chi connectivity index (χ0) is 14.4. The Balaban J connectivity index is 0.00000361. The molecule has 0 spiro atoms. The summed E-state index contributed by atoms with van der Waals surface area (Å²) in [5, 5.41) is 56.0. The highest BCUT2D eigenvalue weighted by Crippen LogP contribution is 2.14. The third kappa shape index (κ3) is 5.09. The summed E-state index contributed by atoms with van der Waals surface area (Å²) >= 11 is 0. The topological polar surface area (TPSA) is 121 Å². The van der Waals surface area contributed by atoms with Crippen LogP contribution < -0.4 is 0 Å². The van der Waals surface area contributed by atoms with Gasteiger partial charge < -0.3 is 30.6 Å². The molecule has 0 saturated carbocycles. The van der Waals surface area contributed by atoms with Crippen LogP contribution in [0.4, 0.5) is 0 Å².